The third-order valence-corrected chi connectivity index (χ3v) is 1.69. The van der Waals surface area contributed by atoms with E-state index in [0.29, 0.717) is 18.4 Å². The zero-order valence-corrected chi connectivity index (χ0v) is 12.2. The van der Waals surface area contributed by atoms with Gasteiger partial charge >= 0.3 is 0 Å². The van der Waals surface area contributed by atoms with Gasteiger partial charge in [0.15, 0.2) is 0 Å². The van der Waals surface area contributed by atoms with E-state index in [9.17, 15) is 9.59 Å². The second-order valence-electron chi connectivity index (χ2n) is 3.11. The van der Waals surface area contributed by atoms with Crippen LogP contribution in [0.15, 0.2) is 11.6 Å². The fraction of sp³-hybridized carbons (Fsp3) is 0.500. The topological polar surface area (TPSA) is 34.1 Å². The number of rotatable bonds is 7. The molecule has 0 spiro atoms. The Bertz CT molecular complexity index is 254. The fourth-order valence-corrected chi connectivity index (χ4v) is 0.876. The standard InChI is InChI=1S/C12H16O2.Y/c1-4-6-12(14)8-7-10(3)9-11(13)5-2;/h3,7H,4-6,9H2,1-2H3;/q-2;. The van der Waals surface area contributed by atoms with Gasteiger partial charge in [-0.3, -0.25) is 0 Å². The SMILES string of the molecule is [CH-]=C(C=[C-]C(=O)CCC)CC(=O)CC.[Y]. The van der Waals surface area contributed by atoms with Crippen LogP contribution in [-0.4, -0.2) is 11.6 Å². The Balaban J connectivity index is 0. The van der Waals surface area contributed by atoms with Crippen molar-refractivity contribution in [2.24, 2.45) is 0 Å². The molecule has 0 aromatic rings. The summed E-state index contributed by atoms with van der Waals surface area (Å²) in [6.45, 7) is 9.23. The second-order valence-corrected chi connectivity index (χ2v) is 3.11. The van der Waals surface area contributed by atoms with Gasteiger partial charge in [0.25, 0.3) is 0 Å². The molecule has 2 nitrogen and oxygen atoms in total. The van der Waals surface area contributed by atoms with Crippen LogP contribution in [0.5, 0.6) is 0 Å². The number of carbonyl (C=O) groups excluding carboxylic acids is 2. The van der Waals surface area contributed by atoms with Gasteiger partial charge in [0, 0.05) is 44.9 Å². The van der Waals surface area contributed by atoms with Crippen LogP contribution in [0.25, 0.3) is 0 Å². The van der Waals surface area contributed by atoms with Crippen LogP contribution in [0.2, 0.25) is 0 Å². The molecule has 0 heterocycles. The van der Waals surface area contributed by atoms with E-state index in [1.54, 1.807) is 6.92 Å². The molecule has 0 atom stereocenters. The summed E-state index contributed by atoms with van der Waals surface area (Å²) in [5.74, 6) is 0.00267. The largest absolute Gasteiger partial charge is 0.390 e. The summed E-state index contributed by atoms with van der Waals surface area (Å²) < 4.78 is 0. The van der Waals surface area contributed by atoms with Crippen molar-refractivity contribution >= 4 is 11.6 Å². The van der Waals surface area contributed by atoms with Crippen LogP contribution in [-0.2, 0) is 42.3 Å². The maximum Gasteiger partial charge on any atom is 0.117 e. The van der Waals surface area contributed by atoms with Gasteiger partial charge in [0.1, 0.15) is 5.78 Å². The molecular formula is C12H16O2Y-2. The van der Waals surface area contributed by atoms with Crippen LogP contribution < -0.4 is 0 Å². The molecule has 0 aromatic carbocycles. The van der Waals surface area contributed by atoms with Crippen LogP contribution >= 0.6 is 0 Å². The zero-order chi connectivity index (χ0) is 11.0. The Morgan fingerprint density at radius 1 is 1.33 bits per heavy atom. The van der Waals surface area contributed by atoms with Crippen molar-refractivity contribution in [1.82, 2.24) is 0 Å². The van der Waals surface area contributed by atoms with E-state index < -0.39 is 0 Å². The molecule has 0 saturated carbocycles. The number of allylic oxidation sites excluding steroid dienone is 3. The molecule has 0 N–H and O–H groups in total. The molecule has 3 heteroatoms. The smallest absolute Gasteiger partial charge is 0.117 e. The van der Waals surface area contributed by atoms with Gasteiger partial charge in [-0.2, -0.15) is 0 Å². The van der Waals surface area contributed by atoms with Crippen molar-refractivity contribution in [3.8, 4) is 0 Å². The van der Waals surface area contributed by atoms with Crippen molar-refractivity contribution in [2.75, 3.05) is 0 Å². The third-order valence-electron chi connectivity index (χ3n) is 1.69. The summed E-state index contributed by atoms with van der Waals surface area (Å²) in [5, 5.41) is 0. The van der Waals surface area contributed by atoms with Crippen molar-refractivity contribution < 1.29 is 42.3 Å². The number of hydrogen-bond acceptors (Lipinski definition) is 2. The first kappa shape index (κ1) is 17.3. The minimum Gasteiger partial charge on any atom is -0.390 e. The molecule has 0 aliphatic heterocycles. The molecule has 0 fully saturated rings. The molecule has 15 heavy (non-hydrogen) atoms. The maximum absolute atomic E-state index is 11.0. The van der Waals surface area contributed by atoms with Gasteiger partial charge in [-0.25, -0.2) is 0 Å². The minimum atomic E-state index is -0.0700. The van der Waals surface area contributed by atoms with Crippen molar-refractivity contribution in [3.05, 3.63) is 24.3 Å². The van der Waals surface area contributed by atoms with E-state index in [2.05, 4.69) is 6.08 Å². The number of Topliss-reactive ketones (excluding diaryl/α,β-unsaturated/α-hetero) is 2. The average Bonchev–Trinajstić information content (AvgIpc) is 2.15. The van der Waals surface area contributed by atoms with Gasteiger partial charge < -0.3 is 33.9 Å². The predicted molar refractivity (Wildman–Crippen MR) is 55.5 cm³/mol. The molecule has 0 saturated heterocycles. The quantitative estimate of drug-likeness (QED) is 0.408. The third kappa shape index (κ3) is 10.2. The van der Waals surface area contributed by atoms with E-state index in [1.165, 1.54) is 6.08 Å². The normalized spacial score (nSPS) is 9.73. The monoisotopic (exact) mass is 281 g/mol. The molecule has 81 valence electrons. The molecule has 0 bridgehead atoms. The molecule has 0 aliphatic rings. The maximum atomic E-state index is 11.0. The summed E-state index contributed by atoms with van der Waals surface area (Å²) in [5.41, 5.74) is 0.404. The van der Waals surface area contributed by atoms with E-state index >= 15 is 0 Å². The summed E-state index contributed by atoms with van der Waals surface area (Å²) in [7, 11) is 0. The Morgan fingerprint density at radius 2 is 1.93 bits per heavy atom. The predicted octanol–water partition coefficient (Wildman–Crippen LogP) is 2.44. The summed E-state index contributed by atoms with van der Waals surface area (Å²) in [6, 6.07) is 0. The molecule has 0 amide bonds. The molecule has 0 rings (SSSR count). The first-order chi connectivity index (χ1) is 6.60. The van der Waals surface area contributed by atoms with Crippen molar-refractivity contribution in [2.45, 2.75) is 39.5 Å². The van der Waals surface area contributed by atoms with Crippen LogP contribution in [0, 0.1) is 12.7 Å². The molecule has 0 aromatic heterocycles. The molecular weight excluding hydrogens is 265 g/mol. The zero-order valence-electron chi connectivity index (χ0n) is 9.38. The van der Waals surface area contributed by atoms with Crippen molar-refractivity contribution in [1.29, 1.82) is 0 Å². The fourth-order valence-electron chi connectivity index (χ4n) is 0.876. The van der Waals surface area contributed by atoms with Crippen LogP contribution in [0.4, 0.5) is 0 Å². The van der Waals surface area contributed by atoms with Gasteiger partial charge in [0.05, 0.1) is 0 Å². The first-order valence-corrected chi connectivity index (χ1v) is 4.85. The van der Waals surface area contributed by atoms with E-state index in [1.807, 2.05) is 6.92 Å². The van der Waals surface area contributed by atoms with Gasteiger partial charge in [-0.15, -0.1) is 0 Å². The summed E-state index contributed by atoms with van der Waals surface area (Å²) >= 11 is 0. The molecule has 0 unspecified atom stereocenters. The van der Waals surface area contributed by atoms with E-state index in [0.717, 1.165) is 6.42 Å². The average molecular weight is 281 g/mol. The Hall–Kier alpha value is -0.0761. The van der Waals surface area contributed by atoms with Gasteiger partial charge in [-0.1, -0.05) is 26.7 Å². The van der Waals surface area contributed by atoms with Gasteiger partial charge in [0.2, 0.25) is 0 Å². The Kier molecular flexibility index (Phi) is 12.1. The molecule has 1 radical (unpaired) electrons. The van der Waals surface area contributed by atoms with Crippen molar-refractivity contribution in [3.63, 3.8) is 0 Å². The minimum absolute atomic E-state index is 0. The van der Waals surface area contributed by atoms with E-state index in [4.69, 9.17) is 6.58 Å². The Morgan fingerprint density at radius 3 is 2.40 bits per heavy atom. The Labute approximate surface area is 117 Å². The number of ketones is 2. The second kappa shape index (κ2) is 10.4. The van der Waals surface area contributed by atoms with Crippen LogP contribution in [0.3, 0.4) is 0 Å². The molecule has 0 aliphatic carbocycles. The summed E-state index contributed by atoms with van der Waals surface area (Å²) in [6.07, 6.45) is 5.90. The van der Waals surface area contributed by atoms with Crippen LogP contribution in [0.1, 0.15) is 39.5 Å². The number of hydrogen-bond donors (Lipinski definition) is 0. The van der Waals surface area contributed by atoms with E-state index in [-0.39, 0.29) is 50.7 Å². The first-order valence-electron chi connectivity index (χ1n) is 4.85. The summed E-state index contributed by atoms with van der Waals surface area (Å²) in [4.78, 5) is 22.0. The number of carbonyl (C=O) groups is 2. The van der Waals surface area contributed by atoms with Gasteiger partial charge in [-0.05, 0) is 6.42 Å².